The number of hydrogen-bond donors (Lipinski definition) is 4. The van der Waals surface area contributed by atoms with E-state index >= 15 is 0 Å². The van der Waals surface area contributed by atoms with Crippen LogP contribution in [0.3, 0.4) is 0 Å². The normalized spacial score (nSPS) is 23.2. The van der Waals surface area contributed by atoms with Crippen LogP contribution in [-0.4, -0.2) is 78.0 Å². The number of ether oxygens (including phenoxy) is 1. The Kier molecular flexibility index (Phi) is 8.65. The molecule has 2 aliphatic rings. The Morgan fingerprint density at radius 3 is 2.55 bits per heavy atom. The molecule has 0 saturated carbocycles. The van der Waals surface area contributed by atoms with Gasteiger partial charge >= 0.3 is 0 Å². The zero-order valence-corrected chi connectivity index (χ0v) is 19.1. The highest BCUT2D eigenvalue weighted by molar-refractivity contribution is 5.91. The number of nitrogens with two attached hydrogens (primary N) is 1. The van der Waals surface area contributed by atoms with Crippen LogP contribution in [0.2, 0.25) is 0 Å². The molecule has 1 aromatic carbocycles. The Labute approximate surface area is 194 Å². The summed E-state index contributed by atoms with van der Waals surface area (Å²) in [7, 11) is 0. The lowest BCUT2D eigenvalue weighted by Gasteiger charge is -2.41. The molecule has 0 radical (unpaired) electrons. The summed E-state index contributed by atoms with van der Waals surface area (Å²) in [5.74, 6) is -0.836. The molecule has 0 bridgehead atoms. The molecule has 10 nitrogen and oxygen atoms in total. The minimum absolute atomic E-state index is 0.0840. The third kappa shape index (κ3) is 6.67. The maximum atomic E-state index is 12.9. The van der Waals surface area contributed by atoms with Crippen molar-refractivity contribution in [3.8, 4) is 0 Å². The predicted octanol–water partition coefficient (Wildman–Crippen LogP) is 0.173. The molecule has 0 aliphatic carbocycles. The van der Waals surface area contributed by atoms with Gasteiger partial charge in [0, 0.05) is 19.7 Å². The number of piperidine rings is 2. The molecule has 1 aromatic rings. The lowest BCUT2D eigenvalue weighted by Crippen LogP contribution is -2.61. The molecule has 1 unspecified atom stereocenters. The van der Waals surface area contributed by atoms with Gasteiger partial charge in [-0.25, -0.2) is 0 Å². The number of amides is 3. The second-order valence-corrected chi connectivity index (χ2v) is 8.43. The minimum atomic E-state index is -0.623. The summed E-state index contributed by atoms with van der Waals surface area (Å²) >= 11 is 0. The lowest BCUT2D eigenvalue weighted by molar-refractivity contribution is -0.142. The molecule has 0 spiro atoms. The fourth-order valence-electron chi connectivity index (χ4n) is 4.43. The second kappa shape index (κ2) is 11.6. The summed E-state index contributed by atoms with van der Waals surface area (Å²) in [5.41, 5.74) is 6.56. The second-order valence-electron chi connectivity index (χ2n) is 8.43. The molecule has 2 saturated heterocycles. The van der Waals surface area contributed by atoms with E-state index in [9.17, 15) is 14.4 Å². The summed E-state index contributed by atoms with van der Waals surface area (Å²) in [6.07, 6.45) is 2.43. The molecule has 3 atom stereocenters. The molecule has 2 fully saturated rings. The Morgan fingerprint density at radius 1 is 1.12 bits per heavy atom. The van der Waals surface area contributed by atoms with Crippen LogP contribution in [0.15, 0.2) is 30.3 Å². The molecule has 2 aliphatic heterocycles. The first-order valence-electron chi connectivity index (χ1n) is 11.5. The molecule has 3 rings (SSSR count). The van der Waals surface area contributed by atoms with Crippen LogP contribution >= 0.6 is 0 Å². The number of carbonyl (C=O) groups is 3. The number of hydrogen-bond acceptors (Lipinski definition) is 5. The van der Waals surface area contributed by atoms with E-state index in [0.717, 1.165) is 12.0 Å². The first-order chi connectivity index (χ1) is 15.9. The topological polar surface area (TPSA) is 141 Å². The average molecular weight is 459 g/mol. The van der Waals surface area contributed by atoms with Gasteiger partial charge in [0.25, 0.3) is 0 Å². The first kappa shape index (κ1) is 24.5. The van der Waals surface area contributed by atoms with Gasteiger partial charge in [-0.15, -0.1) is 0 Å². The van der Waals surface area contributed by atoms with Crippen LogP contribution in [-0.2, 0) is 25.5 Å². The van der Waals surface area contributed by atoms with Crippen molar-refractivity contribution >= 4 is 23.7 Å². The van der Waals surface area contributed by atoms with Crippen molar-refractivity contribution in [2.45, 2.75) is 57.3 Å². The molecular weight excluding hydrogens is 424 g/mol. The minimum Gasteiger partial charge on any atom is -0.370 e. The lowest BCUT2D eigenvalue weighted by atomic mass is 10.0. The SMILES string of the molecule is CCOC1[C@@H](NC(=O)CN2CCC[C@H](NC(=O)Cc3ccccc3)C2=O)CCCN1C(=N)N. The van der Waals surface area contributed by atoms with Gasteiger partial charge < -0.3 is 30.9 Å². The fourth-order valence-corrected chi connectivity index (χ4v) is 4.43. The van der Waals surface area contributed by atoms with Crippen LogP contribution in [0.1, 0.15) is 38.2 Å². The van der Waals surface area contributed by atoms with Crippen molar-refractivity contribution in [2.24, 2.45) is 5.73 Å². The van der Waals surface area contributed by atoms with Crippen molar-refractivity contribution < 1.29 is 19.1 Å². The van der Waals surface area contributed by atoms with Crippen LogP contribution in [0, 0.1) is 5.41 Å². The van der Waals surface area contributed by atoms with E-state index < -0.39 is 12.3 Å². The van der Waals surface area contributed by atoms with Crippen molar-refractivity contribution in [3.63, 3.8) is 0 Å². The van der Waals surface area contributed by atoms with Crippen LogP contribution in [0.5, 0.6) is 0 Å². The summed E-state index contributed by atoms with van der Waals surface area (Å²) in [6.45, 7) is 3.26. The van der Waals surface area contributed by atoms with Gasteiger partial charge in [-0.2, -0.15) is 0 Å². The third-order valence-electron chi connectivity index (χ3n) is 5.97. The smallest absolute Gasteiger partial charge is 0.245 e. The molecule has 33 heavy (non-hydrogen) atoms. The van der Waals surface area contributed by atoms with E-state index in [1.807, 2.05) is 37.3 Å². The maximum absolute atomic E-state index is 12.9. The summed E-state index contributed by atoms with van der Waals surface area (Å²) < 4.78 is 5.75. The summed E-state index contributed by atoms with van der Waals surface area (Å²) in [5, 5.41) is 13.5. The van der Waals surface area contributed by atoms with Gasteiger partial charge in [0.05, 0.1) is 19.0 Å². The van der Waals surface area contributed by atoms with Crippen molar-refractivity contribution in [3.05, 3.63) is 35.9 Å². The van der Waals surface area contributed by atoms with Gasteiger partial charge in [0.15, 0.2) is 12.2 Å². The fraction of sp³-hybridized carbons (Fsp3) is 0.565. The van der Waals surface area contributed by atoms with E-state index in [1.165, 1.54) is 4.90 Å². The molecule has 10 heteroatoms. The van der Waals surface area contributed by atoms with Crippen molar-refractivity contribution in [2.75, 3.05) is 26.2 Å². The highest BCUT2D eigenvalue weighted by atomic mass is 16.5. The van der Waals surface area contributed by atoms with E-state index in [1.54, 1.807) is 4.90 Å². The highest BCUT2D eigenvalue weighted by Gasteiger charge is 2.35. The number of nitrogens with one attached hydrogen (secondary N) is 3. The standard InChI is InChI=1S/C23H34N6O4/c1-2-33-22-18(11-7-13-29(22)23(24)25)27-20(31)15-28-12-6-10-17(21(28)32)26-19(30)14-16-8-4-3-5-9-16/h3-5,8-9,17-18,22H,2,6-7,10-15H2,1H3,(H3,24,25)(H,26,30)(H,27,31)/t17-,18-,22?/m0/s1. The largest absolute Gasteiger partial charge is 0.370 e. The predicted molar refractivity (Wildman–Crippen MR) is 123 cm³/mol. The molecule has 2 heterocycles. The quantitative estimate of drug-likeness (QED) is 0.323. The number of likely N-dealkylation sites (tertiary alicyclic amines) is 2. The number of carbonyl (C=O) groups excluding carboxylic acids is 3. The van der Waals surface area contributed by atoms with Gasteiger partial charge in [0.1, 0.15) is 6.04 Å². The Bertz CT molecular complexity index is 849. The summed E-state index contributed by atoms with van der Waals surface area (Å²) in [4.78, 5) is 41.2. The zero-order valence-electron chi connectivity index (χ0n) is 19.1. The summed E-state index contributed by atoms with van der Waals surface area (Å²) in [6, 6.07) is 8.41. The van der Waals surface area contributed by atoms with Crippen LogP contribution in [0.25, 0.3) is 0 Å². The number of benzene rings is 1. The van der Waals surface area contributed by atoms with E-state index in [-0.39, 0.29) is 42.7 Å². The Morgan fingerprint density at radius 2 is 1.85 bits per heavy atom. The van der Waals surface area contributed by atoms with Gasteiger partial charge in [-0.1, -0.05) is 30.3 Å². The maximum Gasteiger partial charge on any atom is 0.245 e. The molecule has 0 aromatic heterocycles. The average Bonchev–Trinajstić information content (AvgIpc) is 2.78. The number of nitrogens with zero attached hydrogens (tertiary/aromatic N) is 2. The monoisotopic (exact) mass is 458 g/mol. The molecular formula is C23H34N6O4. The third-order valence-corrected chi connectivity index (χ3v) is 5.97. The van der Waals surface area contributed by atoms with E-state index in [2.05, 4.69) is 10.6 Å². The number of guanidine groups is 1. The van der Waals surface area contributed by atoms with Crippen LogP contribution in [0.4, 0.5) is 0 Å². The van der Waals surface area contributed by atoms with E-state index in [4.69, 9.17) is 15.9 Å². The van der Waals surface area contributed by atoms with Crippen LogP contribution < -0.4 is 16.4 Å². The molecule has 5 N–H and O–H groups in total. The zero-order chi connectivity index (χ0) is 23.8. The first-order valence-corrected chi connectivity index (χ1v) is 11.5. The van der Waals surface area contributed by atoms with Gasteiger partial charge in [-0.05, 0) is 38.2 Å². The van der Waals surface area contributed by atoms with Gasteiger partial charge in [-0.3, -0.25) is 19.8 Å². The highest BCUT2D eigenvalue weighted by Crippen LogP contribution is 2.19. The van der Waals surface area contributed by atoms with Crippen molar-refractivity contribution in [1.29, 1.82) is 5.41 Å². The van der Waals surface area contributed by atoms with E-state index in [0.29, 0.717) is 39.0 Å². The van der Waals surface area contributed by atoms with Crippen molar-refractivity contribution in [1.82, 2.24) is 20.4 Å². The molecule has 180 valence electrons. The Balaban J connectivity index is 1.54. The molecule has 3 amide bonds. The van der Waals surface area contributed by atoms with Gasteiger partial charge in [0.2, 0.25) is 17.7 Å². The number of rotatable bonds is 8. The Hall–Kier alpha value is -3.14.